The maximum Gasteiger partial charge on any atom is 0.280 e. The Hall–Kier alpha value is -2.58. The number of hydrogen-bond acceptors (Lipinski definition) is 4. The van der Waals surface area contributed by atoms with Gasteiger partial charge >= 0.3 is 0 Å². The molecule has 24 heavy (non-hydrogen) atoms. The molecule has 0 aromatic heterocycles. The van der Waals surface area contributed by atoms with E-state index in [0.29, 0.717) is 16.3 Å². The van der Waals surface area contributed by atoms with Gasteiger partial charge in [0.2, 0.25) is 0 Å². The van der Waals surface area contributed by atoms with E-state index in [1.165, 1.54) is 24.3 Å². The molecule has 1 aliphatic rings. The lowest BCUT2D eigenvalue weighted by atomic mass is 10.2. The number of guanidine groups is 1. The zero-order valence-corrected chi connectivity index (χ0v) is 13.8. The second kappa shape index (κ2) is 5.81. The second-order valence-corrected chi connectivity index (χ2v) is 7.51. The first-order chi connectivity index (χ1) is 11.3. The van der Waals surface area contributed by atoms with Gasteiger partial charge in [0.15, 0.2) is 15.8 Å². The molecule has 0 saturated heterocycles. The summed E-state index contributed by atoms with van der Waals surface area (Å²) in [4.78, 5) is 15.2. The summed E-state index contributed by atoms with van der Waals surface area (Å²) in [6, 6.07) is 8.73. The normalized spacial score (nSPS) is 14.5. The van der Waals surface area contributed by atoms with Crippen molar-refractivity contribution in [3.8, 4) is 11.5 Å². The van der Waals surface area contributed by atoms with E-state index in [0.717, 1.165) is 0 Å². The number of ether oxygens (including phenoxy) is 1. The fourth-order valence-electron chi connectivity index (χ4n) is 2.31. The summed E-state index contributed by atoms with van der Waals surface area (Å²) in [5, 5.41) is 0.405. The van der Waals surface area contributed by atoms with Crippen LogP contribution >= 0.6 is 11.6 Å². The van der Waals surface area contributed by atoms with Gasteiger partial charge in [0.05, 0.1) is 5.75 Å². The van der Waals surface area contributed by atoms with Crippen molar-refractivity contribution in [1.82, 2.24) is 0 Å². The minimum Gasteiger partial charge on any atom is -0.456 e. The molecule has 1 amide bonds. The minimum atomic E-state index is -3.74. The maximum atomic E-state index is 12.6. The molecule has 124 valence electrons. The molecule has 0 aliphatic carbocycles. The van der Waals surface area contributed by atoms with E-state index in [1.54, 1.807) is 12.1 Å². The van der Waals surface area contributed by atoms with E-state index >= 15 is 0 Å². The van der Waals surface area contributed by atoms with E-state index in [4.69, 9.17) is 27.8 Å². The van der Waals surface area contributed by atoms with Crippen LogP contribution in [0, 0.1) is 0 Å². The van der Waals surface area contributed by atoms with Gasteiger partial charge in [-0.15, -0.1) is 0 Å². The van der Waals surface area contributed by atoms with Crippen LogP contribution in [0.2, 0.25) is 5.02 Å². The number of carbonyl (C=O) groups excluding carboxylic acids is 1. The number of aliphatic imine (C=N–C) groups is 1. The van der Waals surface area contributed by atoms with Crippen molar-refractivity contribution in [2.45, 2.75) is 10.6 Å². The summed E-state index contributed by atoms with van der Waals surface area (Å²) < 4.78 is 31.0. The molecule has 0 bridgehead atoms. The molecule has 7 nitrogen and oxygen atoms in total. The molecular formula is C15H12ClN3O4S. The number of rotatable bonds is 1. The molecule has 0 unspecified atom stereocenters. The molecule has 0 fully saturated rings. The lowest BCUT2D eigenvalue weighted by Crippen LogP contribution is -2.24. The fraction of sp³-hybridized carbons (Fsp3) is 0.0667. The largest absolute Gasteiger partial charge is 0.456 e. The van der Waals surface area contributed by atoms with E-state index in [1.807, 2.05) is 0 Å². The zero-order valence-electron chi connectivity index (χ0n) is 12.2. The van der Waals surface area contributed by atoms with Crippen LogP contribution < -0.4 is 16.2 Å². The summed E-state index contributed by atoms with van der Waals surface area (Å²) in [5.41, 5.74) is 10.8. The third kappa shape index (κ3) is 3.06. The van der Waals surface area contributed by atoms with E-state index in [2.05, 4.69) is 4.99 Å². The standard InChI is InChI=1S/C15H12ClN3O4S/c16-10-2-4-11-9(5-10)7-24(21,22)13-6-8(1-3-12(13)23-11)14(20)19-15(17)18/h1-6H,7H2,(H4,17,18,19,20). The third-order valence-corrected chi connectivity index (χ3v) is 5.26. The lowest BCUT2D eigenvalue weighted by Gasteiger charge is -2.08. The van der Waals surface area contributed by atoms with Crippen molar-refractivity contribution < 1.29 is 17.9 Å². The monoisotopic (exact) mass is 365 g/mol. The van der Waals surface area contributed by atoms with Gasteiger partial charge in [-0.2, -0.15) is 4.99 Å². The summed E-state index contributed by atoms with van der Waals surface area (Å²) in [7, 11) is -3.74. The van der Waals surface area contributed by atoms with Gasteiger partial charge in [-0.1, -0.05) is 11.6 Å². The van der Waals surface area contributed by atoms with Gasteiger partial charge in [-0.05, 0) is 36.4 Å². The Kier molecular flexibility index (Phi) is 3.94. The third-order valence-electron chi connectivity index (χ3n) is 3.34. The number of halogens is 1. The predicted molar refractivity (Wildman–Crippen MR) is 89.0 cm³/mol. The number of benzene rings is 2. The molecule has 0 atom stereocenters. The number of nitrogens with zero attached hydrogens (tertiary/aromatic N) is 1. The minimum absolute atomic E-state index is 0.0401. The number of sulfone groups is 1. The summed E-state index contributed by atoms with van der Waals surface area (Å²) in [6.07, 6.45) is 0. The highest BCUT2D eigenvalue weighted by atomic mass is 35.5. The highest BCUT2D eigenvalue weighted by Gasteiger charge is 2.28. The zero-order chi connectivity index (χ0) is 17.5. The number of nitrogens with two attached hydrogens (primary N) is 2. The molecule has 9 heteroatoms. The van der Waals surface area contributed by atoms with Crippen molar-refractivity contribution in [3.05, 3.63) is 52.5 Å². The second-order valence-electron chi connectivity index (χ2n) is 5.12. The Morgan fingerprint density at radius 2 is 1.83 bits per heavy atom. The van der Waals surface area contributed by atoms with Crippen molar-refractivity contribution in [1.29, 1.82) is 0 Å². The topological polar surface area (TPSA) is 125 Å². The Labute approximate surface area is 142 Å². The van der Waals surface area contributed by atoms with Gasteiger partial charge in [0, 0.05) is 16.1 Å². The van der Waals surface area contributed by atoms with Crippen LogP contribution in [0.5, 0.6) is 11.5 Å². The first-order valence-electron chi connectivity index (χ1n) is 6.73. The van der Waals surface area contributed by atoms with Gasteiger partial charge < -0.3 is 16.2 Å². The number of fused-ring (bicyclic) bond motifs is 2. The average molecular weight is 366 g/mol. The van der Waals surface area contributed by atoms with Crippen LogP contribution in [0.4, 0.5) is 0 Å². The van der Waals surface area contributed by atoms with Gasteiger partial charge in [0.1, 0.15) is 16.4 Å². The van der Waals surface area contributed by atoms with Gasteiger partial charge in [-0.25, -0.2) is 8.42 Å². The highest BCUT2D eigenvalue weighted by Crippen LogP contribution is 2.39. The molecule has 4 N–H and O–H groups in total. The average Bonchev–Trinajstić information content (AvgIpc) is 2.59. The molecule has 2 aromatic carbocycles. The van der Waals surface area contributed by atoms with Crippen molar-refractivity contribution >= 4 is 33.3 Å². The van der Waals surface area contributed by atoms with Crippen molar-refractivity contribution in [3.63, 3.8) is 0 Å². The first kappa shape index (κ1) is 16.3. The van der Waals surface area contributed by atoms with E-state index < -0.39 is 21.7 Å². The lowest BCUT2D eigenvalue weighted by molar-refractivity contribution is 0.100. The molecule has 0 radical (unpaired) electrons. The fourth-order valence-corrected chi connectivity index (χ4v) is 4.02. The van der Waals surface area contributed by atoms with Crippen LogP contribution in [0.1, 0.15) is 15.9 Å². The van der Waals surface area contributed by atoms with Crippen molar-refractivity contribution in [2.75, 3.05) is 0 Å². The highest BCUT2D eigenvalue weighted by molar-refractivity contribution is 7.90. The number of hydrogen-bond donors (Lipinski definition) is 2. The van der Waals surface area contributed by atoms with Crippen LogP contribution in [-0.2, 0) is 15.6 Å². The Balaban J connectivity index is 2.13. The first-order valence-corrected chi connectivity index (χ1v) is 8.76. The maximum absolute atomic E-state index is 12.6. The predicted octanol–water partition coefficient (Wildman–Crippen LogP) is 1.83. The Bertz CT molecular complexity index is 982. The summed E-state index contributed by atoms with van der Waals surface area (Å²) in [6.45, 7) is 0. The van der Waals surface area contributed by atoms with Crippen LogP contribution in [0.25, 0.3) is 0 Å². The molecule has 3 rings (SSSR count). The van der Waals surface area contributed by atoms with Gasteiger partial charge in [0.25, 0.3) is 5.91 Å². The smallest absolute Gasteiger partial charge is 0.280 e. The summed E-state index contributed by atoms with van der Waals surface area (Å²) in [5.74, 6) is -0.924. The molecule has 0 saturated carbocycles. The van der Waals surface area contributed by atoms with Crippen LogP contribution in [0.3, 0.4) is 0 Å². The molecular weight excluding hydrogens is 354 g/mol. The SMILES string of the molecule is NC(N)=NC(=O)c1ccc2c(c1)S(=O)(=O)Cc1cc(Cl)ccc1O2. The Morgan fingerprint density at radius 1 is 1.12 bits per heavy atom. The number of amides is 1. The summed E-state index contributed by atoms with van der Waals surface area (Å²) >= 11 is 5.92. The van der Waals surface area contributed by atoms with Crippen LogP contribution in [-0.4, -0.2) is 20.3 Å². The van der Waals surface area contributed by atoms with E-state index in [-0.39, 0.29) is 22.0 Å². The molecule has 1 heterocycles. The van der Waals surface area contributed by atoms with Crippen molar-refractivity contribution in [2.24, 2.45) is 16.5 Å². The Morgan fingerprint density at radius 3 is 2.54 bits per heavy atom. The number of carbonyl (C=O) groups is 1. The molecule has 1 aliphatic heterocycles. The van der Waals surface area contributed by atoms with Gasteiger partial charge in [-0.3, -0.25) is 4.79 Å². The van der Waals surface area contributed by atoms with E-state index in [9.17, 15) is 13.2 Å². The molecule has 2 aromatic rings. The van der Waals surface area contributed by atoms with Crippen LogP contribution in [0.15, 0.2) is 46.3 Å². The quantitative estimate of drug-likeness (QED) is 0.586. The molecule has 0 spiro atoms.